The van der Waals surface area contributed by atoms with Gasteiger partial charge in [-0.15, -0.1) is 11.3 Å². The second-order valence-corrected chi connectivity index (χ2v) is 6.29. The lowest BCUT2D eigenvalue weighted by atomic mass is 10.2. The van der Waals surface area contributed by atoms with E-state index in [-0.39, 0.29) is 10.6 Å². The summed E-state index contributed by atoms with van der Waals surface area (Å²) in [6.07, 6.45) is -0.663. The first-order chi connectivity index (χ1) is 9.28. The number of ether oxygens (including phenoxy) is 1. The molecule has 6 heteroatoms. The van der Waals surface area contributed by atoms with Crippen LogP contribution in [0.5, 0.6) is 0 Å². The molecule has 0 aliphatic rings. The van der Waals surface area contributed by atoms with Crippen LogP contribution in [0.2, 0.25) is 0 Å². The number of fused-ring (bicyclic) bond motifs is 1. The Labute approximate surface area is 120 Å². The molecule has 106 valence electrons. The van der Waals surface area contributed by atoms with E-state index in [2.05, 4.69) is 5.32 Å². The van der Waals surface area contributed by atoms with Crippen LogP contribution < -0.4 is 5.32 Å². The summed E-state index contributed by atoms with van der Waals surface area (Å²) in [7, 11) is 0. The average molecular weight is 293 g/mol. The van der Waals surface area contributed by atoms with E-state index in [0.717, 1.165) is 16.0 Å². The molecular formula is C14H15NO4S. The maximum absolute atomic E-state index is 11.8. The SMILES string of the molecule is CC(C)(C)OC(=O)Nc1c(C(=O)O)sc2ccccc12. The molecule has 0 radical (unpaired) electrons. The Morgan fingerprint density at radius 1 is 1.25 bits per heavy atom. The monoisotopic (exact) mass is 293 g/mol. The van der Waals surface area contributed by atoms with Crippen molar-refractivity contribution < 1.29 is 19.4 Å². The van der Waals surface area contributed by atoms with Crippen molar-refractivity contribution in [2.75, 3.05) is 5.32 Å². The molecule has 0 aliphatic heterocycles. The quantitative estimate of drug-likeness (QED) is 0.879. The molecule has 2 N–H and O–H groups in total. The number of hydrogen-bond acceptors (Lipinski definition) is 4. The first-order valence-electron chi connectivity index (χ1n) is 6.03. The first kappa shape index (κ1) is 14.3. The summed E-state index contributed by atoms with van der Waals surface area (Å²) < 4.78 is 5.96. The molecule has 1 amide bonds. The molecule has 0 fully saturated rings. The van der Waals surface area contributed by atoms with E-state index in [1.807, 2.05) is 12.1 Å². The second kappa shape index (κ2) is 5.13. The summed E-state index contributed by atoms with van der Waals surface area (Å²) in [5.41, 5.74) is -0.355. The lowest BCUT2D eigenvalue weighted by Gasteiger charge is -2.19. The van der Waals surface area contributed by atoms with Gasteiger partial charge in [-0.2, -0.15) is 0 Å². The van der Waals surface area contributed by atoms with E-state index in [1.54, 1.807) is 32.9 Å². The predicted molar refractivity (Wildman–Crippen MR) is 78.6 cm³/mol. The molecule has 1 heterocycles. The molecule has 1 aromatic carbocycles. The summed E-state index contributed by atoms with van der Waals surface area (Å²) in [5.74, 6) is -1.07. The fourth-order valence-electron chi connectivity index (χ4n) is 1.73. The van der Waals surface area contributed by atoms with Crippen molar-refractivity contribution in [3.8, 4) is 0 Å². The molecule has 0 spiro atoms. The zero-order valence-electron chi connectivity index (χ0n) is 11.4. The molecule has 0 atom stereocenters. The standard InChI is InChI=1S/C14H15NO4S/c1-14(2,3)19-13(18)15-10-8-6-4-5-7-9(8)20-11(10)12(16)17/h4-7H,1-3H3,(H,15,18)(H,16,17). The fourth-order valence-corrected chi connectivity index (χ4v) is 2.72. The number of thiophene rings is 1. The van der Waals surface area contributed by atoms with Crippen LogP contribution in [-0.2, 0) is 4.74 Å². The molecule has 0 saturated carbocycles. The number of carbonyl (C=O) groups is 2. The van der Waals surface area contributed by atoms with E-state index < -0.39 is 17.7 Å². The third-order valence-corrected chi connectivity index (χ3v) is 3.57. The molecule has 0 unspecified atom stereocenters. The van der Waals surface area contributed by atoms with Gasteiger partial charge in [0.25, 0.3) is 0 Å². The van der Waals surface area contributed by atoms with Gasteiger partial charge in [0.1, 0.15) is 10.5 Å². The highest BCUT2D eigenvalue weighted by atomic mass is 32.1. The number of carboxylic acids is 1. The molecule has 5 nitrogen and oxygen atoms in total. The van der Waals surface area contributed by atoms with Crippen LogP contribution in [0.3, 0.4) is 0 Å². The number of amides is 1. The van der Waals surface area contributed by atoms with Gasteiger partial charge in [0.05, 0.1) is 5.69 Å². The van der Waals surface area contributed by atoms with Gasteiger partial charge in [0, 0.05) is 10.1 Å². The number of carboxylic acid groups (broad SMARTS) is 1. The minimum atomic E-state index is -1.07. The normalized spacial score (nSPS) is 11.3. The fraction of sp³-hybridized carbons (Fsp3) is 0.286. The number of aromatic carboxylic acids is 1. The number of hydrogen-bond donors (Lipinski definition) is 2. The molecule has 2 rings (SSSR count). The predicted octanol–water partition coefficient (Wildman–Crippen LogP) is 3.95. The van der Waals surface area contributed by atoms with E-state index >= 15 is 0 Å². The van der Waals surface area contributed by atoms with Crippen molar-refractivity contribution in [3.05, 3.63) is 29.1 Å². The third-order valence-electron chi connectivity index (χ3n) is 2.42. The highest BCUT2D eigenvalue weighted by molar-refractivity contribution is 7.21. The van der Waals surface area contributed by atoms with Crippen LogP contribution in [0.1, 0.15) is 30.4 Å². The Morgan fingerprint density at radius 3 is 2.50 bits per heavy atom. The molecule has 20 heavy (non-hydrogen) atoms. The topological polar surface area (TPSA) is 75.6 Å². The molecule has 1 aromatic heterocycles. The summed E-state index contributed by atoms with van der Waals surface area (Å²) >= 11 is 1.12. The summed E-state index contributed by atoms with van der Waals surface area (Å²) in [6.45, 7) is 5.24. The number of benzene rings is 1. The maximum Gasteiger partial charge on any atom is 0.412 e. The van der Waals surface area contributed by atoms with Crippen molar-refractivity contribution in [2.45, 2.75) is 26.4 Å². The van der Waals surface area contributed by atoms with E-state index in [0.29, 0.717) is 5.39 Å². The summed E-state index contributed by atoms with van der Waals surface area (Å²) in [5, 5.41) is 12.5. The van der Waals surface area contributed by atoms with Crippen LogP contribution in [0.4, 0.5) is 10.5 Å². The van der Waals surface area contributed by atoms with Crippen molar-refractivity contribution >= 4 is 39.2 Å². The zero-order chi connectivity index (χ0) is 14.9. The minimum Gasteiger partial charge on any atom is -0.477 e. The number of nitrogens with one attached hydrogen (secondary N) is 1. The summed E-state index contributed by atoms with van der Waals surface area (Å²) in [4.78, 5) is 23.2. The van der Waals surface area contributed by atoms with Gasteiger partial charge in [-0.1, -0.05) is 18.2 Å². The second-order valence-electron chi connectivity index (χ2n) is 5.23. The van der Waals surface area contributed by atoms with Gasteiger partial charge in [-0.3, -0.25) is 5.32 Å². The Bertz CT molecular complexity index is 669. The van der Waals surface area contributed by atoms with E-state index in [9.17, 15) is 14.7 Å². The van der Waals surface area contributed by atoms with Crippen LogP contribution >= 0.6 is 11.3 Å². The van der Waals surface area contributed by atoms with Crippen LogP contribution in [0.15, 0.2) is 24.3 Å². The number of carbonyl (C=O) groups excluding carboxylic acids is 1. The van der Waals surface area contributed by atoms with Crippen LogP contribution in [0, 0.1) is 0 Å². The molecule has 2 aromatic rings. The van der Waals surface area contributed by atoms with Crippen LogP contribution in [-0.4, -0.2) is 22.8 Å². The smallest absolute Gasteiger partial charge is 0.412 e. The van der Waals surface area contributed by atoms with Gasteiger partial charge in [0.2, 0.25) is 0 Å². The maximum atomic E-state index is 11.8. The summed E-state index contributed by atoms with van der Waals surface area (Å²) in [6, 6.07) is 7.19. The van der Waals surface area contributed by atoms with Crippen molar-refractivity contribution in [1.29, 1.82) is 0 Å². The Balaban J connectivity index is 2.39. The third kappa shape index (κ3) is 3.08. The van der Waals surface area contributed by atoms with Gasteiger partial charge < -0.3 is 9.84 Å². The van der Waals surface area contributed by atoms with Crippen LogP contribution in [0.25, 0.3) is 10.1 Å². The van der Waals surface area contributed by atoms with Gasteiger partial charge in [-0.25, -0.2) is 9.59 Å². The molecule has 0 saturated heterocycles. The van der Waals surface area contributed by atoms with Gasteiger partial charge in [-0.05, 0) is 26.8 Å². The van der Waals surface area contributed by atoms with Crippen molar-refractivity contribution in [3.63, 3.8) is 0 Å². The van der Waals surface area contributed by atoms with E-state index in [1.165, 1.54) is 0 Å². The highest BCUT2D eigenvalue weighted by Crippen LogP contribution is 2.35. The van der Waals surface area contributed by atoms with Gasteiger partial charge in [0.15, 0.2) is 0 Å². The Hall–Kier alpha value is -2.08. The Kier molecular flexibility index (Phi) is 3.67. The first-order valence-corrected chi connectivity index (χ1v) is 6.84. The van der Waals surface area contributed by atoms with Crippen molar-refractivity contribution in [1.82, 2.24) is 0 Å². The van der Waals surface area contributed by atoms with Crippen molar-refractivity contribution in [2.24, 2.45) is 0 Å². The lowest BCUT2D eigenvalue weighted by Crippen LogP contribution is -2.27. The zero-order valence-corrected chi connectivity index (χ0v) is 12.2. The van der Waals surface area contributed by atoms with Gasteiger partial charge >= 0.3 is 12.1 Å². The average Bonchev–Trinajstić information content (AvgIpc) is 2.66. The molecule has 0 aliphatic carbocycles. The number of anilines is 1. The minimum absolute atomic E-state index is 0.0945. The molecule has 0 bridgehead atoms. The lowest BCUT2D eigenvalue weighted by molar-refractivity contribution is 0.0636. The van der Waals surface area contributed by atoms with E-state index in [4.69, 9.17) is 4.74 Å². The highest BCUT2D eigenvalue weighted by Gasteiger charge is 2.22. The largest absolute Gasteiger partial charge is 0.477 e. The Morgan fingerprint density at radius 2 is 1.90 bits per heavy atom. The molecular weight excluding hydrogens is 278 g/mol. The number of rotatable bonds is 2.